The average molecular weight is 171 g/mol. The Hall–Kier alpha value is -0.0800. The minimum atomic E-state index is 0.546. The molecule has 1 N–H and O–H groups in total. The van der Waals surface area contributed by atoms with E-state index < -0.39 is 0 Å². The molecule has 0 bridgehead atoms. The number of likely N-dealkylation sites (N-methyl/N-ethyl adjacent to an activating group) is 1. The van der Waals surface area contributed by atoms with E-state index in [1.165, 1.54) is 19.3 Å². The van der Waals surface area contributed by atoms with E-state index in [1.807, 2.05) is 7.05 Å². The highest BCUT2D eigenvalue weighted by molar-refractivity contribution is 4.72. The van der Waals surface area contributed by atoms with Crippen molar-refractivity contribution in [2.75, 3.05) is 20.3 Å². The molecular formula is C10H21NO. The van der Waals surface area contributed by atoms with Crippen LogP contribution in [0.4, 0.5) is 0 Å². The molecule has 0 aliphatic heterocycles. The quantitative estimate of drug-likeness (QED) is 0.590. The summed E-state index contributed by atoms with van der Waals surface area (Å²) >= 11 is 0. The fourth-order valence-electron chi connectivity index (χ4n) is 1.29. The highest BCUT2D eigenvalue weighted by Gasteiger charge is 2.20. The van der Waals surface area contributed by atoms with Crippen molar-refractivity contribution < 1.29 is 4.74 Å². The lowest BCUT2D eigenvalue weighted by molar-refractivity contribution is 0.107. The van der Waals surface area contributed by atoms with Gasteiger partial charge < -0.3 is 10.1 Å². The van der Waals surface area contributed by atoms with Gasteiger partial charge in [0.15, 0.2) is 0 Å². The van der Waals surface area contributed by atoms with Crippen molar-refractivity contribution in [3.05, 3.63) is 0 Å². The van der Waals surface area contributed by atoms with Crippen LogP contribution in [0.1, 0.15) is 32.6 Å². The highest BCUT2D eigenvalue weighted by Crippen LogP contribution is 2.32. The predicted molar refractivity (Wildman–Crippen MR) is 51.3 cm³/mol. The van der Waals surface area contributed by atoms with Crippen LogP contribution in [0.25, 0.3) is 0 Å². The highest BCUT2D eigenvalue weighted by atomic mass is 16.5. The molecule has 0 saturated heterocycles. The molecular weight excluding hydrogens is 150 g/mol. The lowest BCUT2D eigenvalue weighted by Crippen LogP contribution is -2.29. The Morgan fingerprint density at radius 1 is 1.50 bits per heavy atom. The Morgan fingerprint density at radius 2 is 2.25 bits per heavy atom. The third-order valence-corrected chi connectivity index (χ3v) is 2.59. The van der Waals surface area contributed by atoms with Crippen molar-refractivity contribution in [3.63, 3.8) is 0 Å². The zero-order valence-corrected chi connectivity index (χ0v) is 8.31. The summed E-state index contributed by atoms with van der Waals surface area (Å²) in [4.78, 5) is 0. The first-order valence-electron chi connectivity index (χ1n) is 5.11. The summed E-state index contributed by atoms with van der Waals surface area (Å²) in [6.07, 6.45) is 5.30. The first-order valence-corrected chi connectivity index (χ1v) is 5.11. The van der Waals surface area contributed by atoms with Crippen molar-refractivity contribution in [2.45, 2.75) is 38.6 Å². The van der Waals surface area contributed by atoms with Crippen molar-refractivity contribution in [3.8, 4) is 0 Å². The SMILES string of the molecule is CCC(COCCC1CC1)NC. The van der Waals surface area contributed by atoms with Crippen LogP contribution in [0.2, 0.25) is 0 Å². The van der Waals surface area contributed by atoms with E-state index in [-0.39, 0.29) is 0 Å². The maximum absolute atomic E-state index is 5.57. The second kappa shape index (κ2) is 5.55. The molecule has 0 aromatic rings. The minimum absolute atomic E-state index is 0.546. The van der Waals surface area contributed by atoms with E-state index in [9.17, 15) is 0 Å². The lowest BCUT2D eigenvalue weighted by atomic mass is 10.2. The number of ether oxygens (including phenoxy) is 1. The van der Waals surface area contributed by atoms with Crippen LogP contribution in [0, 0.1) is 5.92 Å². The smallest absolute Gasteiger partial charge is 0.0619 e. The van der Waals surface area contributed by atoms with Gasteiger partial charge in [0.1, 0.15) is 0 Å². The maximum Gasteiger partial charge on any atom is 0.0619 e. The summed E-state index contributed by atoms with van der Waals surface area (Å²) in [6, 6.07) is 0.546. The Balaban J connectivity index is 1.85. The van der Waals surface area contributed by atoms with Gasteiger partial charge >= 0.3 is 0 Å². The molecule has 0 amide bonds. The van der Waals surface area contributed by atoms with Crippen LogP contribution in [0.3, 0.4) is 0 Å². The van der Waals surface area contributed by atoms with Gasteiger partial charge in [0, 0.05) is 12.6 Å². The zero-order valence-electron chi connectivity index (χ0n) is 8.31. The predicted octanol–water partition coefficient (Wildman–Crippen LogP) is 1.80. The first-order chi connectivity index (χ1) is 5.86. The summed E-state index contributed by atoms with van der Waals surface area (Å²) in [5.41, 5.74) is 0. The topological polar surface area (TPSA) is 21.3 Å². The molecule has 2 nitrogen and oxygen atoms in total. The van der Waals surface area contributed by atoms with Crippen LogP contribution >= 0.6 is 0 Å². The van der Waals surface area contributed by atoms with E-state index in [4.69, 9.17) is 4.74 Å². The van der Waals surface area contributed by atoms with Crippen molar-refractivity contribution >= 4 is 0 Å². The Kier molecular flexibility index (Phi) is 4.62. The normalized spacial score (nSPS) is 19.5. The molecule has 1 unspecified atom stereocenters. The fraction of sp³-hybridized carbons (Fsp3) is 1.00. The van der Waals surface area contributed by atoms with Crippen LogP contribution in [0.5, 0.6) is 0 Å². The molecule has 72 valence electrons. The van der Waals surface area contributed by atoms with E-state index in [0.717, 1.165) is 25.6 Å². The summed E-state index contributed by atoms with van der Waals surface area (Å²) in [5, 5.41) is 3.23. The summed E-state index contributed by atoms with van der Waals surface area (Å²) in [6.45, 7) is 4.02. The second-order valence-corrected chi connectivity index (χ2v) is 3.70. The van der Waals surface area contributed by atoms with Gasteiger partial charge in [-0.2, -0.15) is 0 Å². The van der Waals surface area contributed by atoms with E-state index in [1.54, 1.807) is 0 Å². The second-order valence-electron chi connectivity index (χ2n) is 3.70. The summed E-state index contributed by atoms with van der Waals surface area (Å²) < 4.78 is 5.57. The molecule has 1 rings (SSSR count). The van der Waals surface area contributed by atoms with Crippen LogP contribution in [-0.2, 0) is 4.74 Å². The number of hydrogen-bond donors (Lipinski definition) is 1. The number of hydrogen-bond acceptors (Lipinski definition) is 2. The molecule has 0 spiro atoms. The van der Waals surface area contributed by atoms with E-state index >= 15 is 0 Å². The van der Waals surface area contributed by atoms with Gasteiger partial charge in [0.25, 0.3) is 0 Å². The molecule has 1 fully saturated rings. The zero-order chi connectivity index (χ0) is 8.81. The maximum atomic E-state index is 5.57. The van der Waals surface area contributed by atoms with Gasteiger partial charge in [-0.15, -0.1) is 0 Å². The molecule has 2 heteroatoms. The molecule has 12 heavy (non-hydrogen) atoms. The molecule has 0 radical (unpaired) electrons. The molecule has 1 saturated carbocycles. The third-order valence-electron chi connectivity index (χ3n) is 2.59. The third kappa shape index (κ3) is 4.07. The van der Waals surface area contributed by atoms with E-state index in [0.29, 0.717) is 6.04 Å². The molecule has 0 aromatic heterocycles. The fourth-order valence-corrected chi connectivity index (χ4v) is 1.29. The molecule has 1 aliphatic rings. The number of rotatable bonds is 7. The first kappa shape index (κ1) is 10.0. The van der Waals surface area contributed by atoms with Gasteiger partial charge in [0.2, 0.25) is 0 Å². The molecule has 1 atom stereocenters. The van der Waals surface area contributed by atoms with Crippen LogP contribution < -0.4 is 5.32 Å². The van der Waals surface area contributed by atoms with Crippen molar-refractivity contribution in [1.82, 2.24) is 5.32 Å². The Morgan fingerprint density at radius 3 is 2.75 bits per heavy atom. The van der Waals surface area contributed by atoms with Crippen molar-refractivity contribution in [1.29, 1.82) is 0 Å². The van der Waals surface area contributed by atoms with Gasteiger partial charge in [-0.3, -0.25) is 0 Å². The van der Waals surface area contributed by atoms with Crippen LogP contribution in [0.15, 0.2) is 0 Å². The standard InChI is InChI=1S/C10H21NO/c1-3-10(11-2)8-12-7-6-9-4-5-9/h9-11H,3-8H2,1-2H3. The summed E-state index contributed by atoms with van der Waals surface area (Å²) in [7, 11) is 2.00. The minimum Gasteiger partial charge on any atom is -0.380 e. The van der Waals surface area contributed by atoms with Crippen molar-refractivity contribution in [2.24, 2.45) is 5.92 Å². The van der Waals surface area contributed by atoms with Gasteiger partial charge in [-0.1, -0.05) is 19.8 Å². The Bertz CT molecular complexity index is 108. The number of nitrogens with one attached hydrogen (secondary N) is 1. The summed E-state index contributed by atoms with van der Waals surface area (Å²) in [5.74, 6) is 1.000. The average Bonchev–Trinajstić information content (AvgIpc) is 2.89. The van der Waals surface area contributed by atoms with Gasteiger partial charge in [0.05, 0.1) is 6.61 Å². The monoisotopic (exact) mass is 171 g/mol. The van der Waals surface area contributed by atoms with Gasteiger partial charge in [-0.25, -0.2) is 0 Å². The Labute approximate surface area is 75.7 Å². The lowest BCUT2D eigenvalue weighted by Gasteiger charge is -2.13. The van der Waals surface area contributed by atoms with E-state index in [2.05, 4.69) is 12.2 Å². The molecule has 0 heterocycles. The van der Waals surface area contributed by atoms with Gasteiger partial charge in [-0.05, 0) is 25.8 Å². The largest absolute Gasteiger partial charge is 0.380 e. The molecule has 1 aliphatic carbocycles. The van der Waals surface area contributed by atoms with Crippen LogP contribution in [-0.4, -0.2) is 26.3 Å². The molecule has 0 aromatic carbocycles.